The monoisotopic (exact) mass is 300 g/mol. The number of halogens is 1. The number of carbonyl (C=O) groups is 2. The highest BCUT2D eigenvalue weighted by Crippen LogP contribution is 2.52. The predicted octanol–water partition coefficient (Wildman–Crippen LogP) is 2.48. The van der Waals surface area contributed by atoms with Gasteiger partial charge >= 0.3 is 0 Å². The molecule has 1 aromatic rings. The van der Waals surface area contributed by atoms with E-state index in [0.29, 0.717) is 10.6 Å². The van der Waals surface area contributed by atoms with Crippen LogP contribution in [-0.4, -0.2) is 23.0 Å². The zero-order valence-electron chi connectivity index (χ0n) is 11.1. The molecule has 4 nitrogen and oxygen atoms in total. The van der Waals surface area contributed by atoms with Gasteiger partial charge in [-0.05, 0) is 24.3 Å². The molecule has 2 bridgehead atoms. The largest absolute Gasteiger partial charge is 0.272 e. The van der Waals surface area contributed by atoms with Crippen LogP contribution in [0.4, 0.5) is 0 Å². The molecule has 4 atom stereocenters. The summed E-state index contributed by atoms with van der Waals surface area (Å²) in [6.45, 7) is 0. The minimum absolute atomic E-state index is 0.176. The van der Waals surface area contributed by atoms with Crippen LogP contribution in [0, 0.1) is 23.7 Å². The summed E-state index contributed by atoms with van der Waals surface area (Å²) in [5.74, 6) is -0.365. The molecule has 2 fully saturated rings. The Morgan fingerprint density at radius 3 is 2.33 bits per heavy atom. The van der Waals surface area contributed by atoms with Crippen molar-refractivity contribution in [3.63, 3.8) is 0 Å². The molecule has 0 aromatic heterocycles. The molecular formula is C16H13ClN2O2. The van der Waals surface area contributed by atoms with Crippen molar-refractivity contribution in [1.29, 1.82) is 0 Å². The van der Waals surface area contributed by atoms with Crippen molar-refractivity contribution < 1.29 is 9.59 Å². The Morgan fingerprint density at radius 2 is 1.71 bits per heavy atom. The third kappa shape index (κ3) is 1.79. The zero-order chi connectivity index (χ0) is 14.6. The van der Waals surface area contributed by atoms with Gasteiger partial charge in [0.2, 0.25) is 0 Å². The molecule has 1 saturated heterocycles. The fourth-order valence-electron chi connectivity index (χ4n) is 3.70. The second kappa shape index (κ2) is 4.53. The summed E-state index contributed by atoms with van der Waals surface area (Å²) in [4.78, 5) is 24.8. The van der Waals surface area contributed by atoms with E-state index in [1.165, 1.54) is 6.21 Å². The lowest BCUT2D eigenvalue weighted by atomic mass is 9.85. The number of hydrazone groups is 1. The number of hydrogen-bond donors (Lipinski definition) is 0. The zero-order valence-corrected chi connectivity index (χ0v) is 11.9. The van der Waals surface area contributed by atoms with Crippen LogP contribution >= 0.6 is 11.6 Å². The number of rotatable bonds is 2. The van der Waals surface area contributed by atoms with Gasteiger partial charge in [-0.3, -0.25) is 9.59 Å². The first kappa shape index (κ1) is 12.8. The standard InChI is InChI=1S/C16H13ClN2O2/c17-12-4-2-1-3-11(12)8-18-19-15(20)13-9-5-6-10(7-9)14(13)16(19)21/h1-6,8-10,13-14H,7H2/b18-8+. The summed E-state index contributed by atoms with van der Waals surface area (Å²) in [6, 6.07) is 7.19. The van der Waals surface area contributed by atoms with Gasteiger partial charge < -0.3 is 0 Å². The summed E-state index contributed by atoms with van der Waals surface area (Å²) in [7, 11) is 0. The lowest BCUT2D eigenvalue weighted by Crippen LogP contribution is -2.28. The van der Waals surface area contributed by atoms with Gasteiger partial charge in [0.25, 0.3) is 11.8 Å². The summed E-state index contributed by atoms with van der Waals surface area (Å²) < 4.78 is 0. The first-order valence-corrected chi connectivity index (χ1v) is 7.39. The maximum Gasteiger partial charge on any atom is 0.254 e. The highest BCUT2D eigenvalue weighted by atomic mass is 35.5. The minimum atomic E-state index is -0.212. The molecule has 0 spiro atoms. The Kier molecular flexibility index (Phi) is 2.76. The topological polar surface area (TPSA) is 49.7 Å². The quantitative estimate of drug-likeness (QED) is 0.479. The van der Waals surface area contributed by atoms with Crippen molar-refractivity contribution in [3.8, 4) is 0 Å². The van der Waals surface area contributed by atoms with E-state index < -0.39 is 0 Å². The molecular weight excluding hydrogens is 288 g/mol. The number of carbonyl (C=O) groups excluding carboxylic acids is 2. The molecule has 0 radical (unpaired) electrons. The molecule has 0 N–H and O–H groups in total. The second-order valence-electron chi connectivity index (χ2n) is 5.75. The molecule has 1 aromatic carbocycles. The molecule has 3 aliphatic rings. The molecule has 1 heterocycles. The van der Waals surface area contributed by atoms with Crippen LogP contribution in [0.3, 0.4) is 0 Å². The van der Waals surface area contributed by atoms with Gasteiger partial charge in [-0.25, -0.2) is 0 Å². The molecule has 2 amide bonds. The van der Waals surface area contributed by atoms with Gasteiger partial charge in [-0.15, -0.1) is 0 Å². The normalized spacial score (nSPS) is 33.5. The Morgan fingerprint density at radius 1 is 1.10 bits per heavy atom. The average molecular weight is 301 g/mol. The maximum atomic E-state index is 12.4. The van der Waals surface area contributed by atoms with Crippen molar-refractivity contribution in [2.75, 3.05) is 0 Å². The lowest BCUT2D eigenvalue weighted by molar-refractivity contribution is -0.140. The van der Waals surface area contributed by atoms with E-state index in [9.17, 15) is 9.59 Å². The van der Waals surface area contributed by atoms with Crippen LogP contribution in [0.2, 0.25) is 5.02 Å². The smallest absolute Gasteiger partial charge is 0.254 e. The van der Waals surface area contributed by atoms with Crippen LogP contribution in [0.1, 0.15) is 12.0 Å². The van der Waals surface area contributed by atoms with E-state index in [1.807, 2.05) is 12.1 Å². The molecule has 21 heavy (non-hydrogen) atoms. The fraction of sp³-hybridized carbons (Fsp3) is 0.312. The van der Waals surface area contributed by atoms with Crippen LogP contribution in [-0.2, 0) is 9.59 Å². The molecule has 1 saturated carbocycles. The Labute approximate surface area is 127 Å². The van der Waals surface area contributed by atoms with Gasteiger partial charge in [0.15, 0.2) is 0 Å². The number of imide groups is 1. The summed E-state index contributed by atoms with van der Waals surface area (Å²) in [5.41, 5.74) is 0.693. The fourth-order valence-corrected chi connectivity index (χ4v) is 3.88. The molecule has 5 heteroatoms. The highest BCUT2D eigenvalue weighted by Gasteiger charge is 2.59. The maximum absolute atomic E-state index is 12.4. The van der Waals surface area contributed by atoms with Crippen LogP contribution < -0.4 is 0 Å². The minimum Gasteiger partial charge on any atom is -0.272 e. The summed E-state index contributed by atoms with van der Waals surface area (Å²) >= 11 is 6.04. The third-order valence-electron chi connectivity index (χ3n) is 4.66. The van der Waals surface area contributed by atoms with Crippen molar-refractivity contribution in [1.82, 2.24) is 5.01 Å². The van der Waals surface area contributed by atoms with Gasteiger partial charge in [-0.1, -0.05) is 42.0 Å². The second-order valence-corrected chi connectivity index (χ2v) is 6.16. The van der Waals surface area contributed by atoms with Crippen molar-refractivity contribution in [3.05, 3.63) is 47.0 Å². The van der Waals surface area contributed by atoms with E-state index in [2.05, 4.69) is 17.3 Å². The summed E-state index contributed by atoms with van der Waals surface area (Å²) in [6.07, 6.45) is 6.54. The molecule has 2 aliphatic carbocycles. The molecule has 4 unspecified atom stereocenters. The number of nitrogens with zero attached hydrogens (tertiary/aromatic N) is 2. The van der Waals surface area contributed by atoms with E-state index in [0.717, 1.165) is 11.4 Å². The SMILES string of the molecule is O=C1C2C3C=CC(C3)C2C(=O)N1/N=C/c1ccccc1Cl. The van der Waals surface area contributed by atoms with Gasteiger partial charge in [0.05, 0.1) is 18.1 Å². The molecule has 4 rings (SSSR count). The van der Waals surface area contributed by atoms with Crippen molar-refractivity contribution >= 4 is 29.6 Å². The van der Waals surface area contributed by atoms with Crippen molar-refractivity contribution in [2.45, 2.75) is 6.42 Å². The first-order chi connectivity index (χ1) is 10.2. The van der Waals surface area contributed by atoms with E-state index >= 15 is 0 Å². The number of hydrogen-bond acceptors (Lipinski definition) is 3. The van der Waals surface area contributed by atoms with Crippen molar-refractivity contribution in [2.24, 2.45) is 28.8 Å². The number of allylic oxidation sites excluding steroid dienone is 2. The molecule has 1 aliphatic heterocycles. The highest BCUT2D eigenvalue weighted by molar-refractivity contribution is 6.33. The Balaban J connectivity index is 1.62. The van der Waals surface area contributed by atoms with Crippen LogP contribution in [0.25, 0.3) is 0 Å². The number of benzene rings is 1. The first-order valence-electron chi connectivity index (χ1n) is 7.01. The average Bonchev–Trinajstić information content (AvgIpc) is 3.14. The predicted molar refractivity (Wildman–Crippen MR) is 78.6 cm³/mol. The Bertz CT molecular complexity index is 667. The van der Waals surface area contributed by atoms with E-state index in [4.69, 9.17) is 11.6 Å². The van der Waals surface area contributed by atoms with Gasteiger partial charge in [0.1, 0.15) is 0 Å². The molecule has 106 valence electrons. The number of amides is 2. The number of fused-ring (bicyclic) bond motifs is 5. The third-order valence-corrected chi connectivity index (χ3v) is 5.01. The Hall–Kier alpha value is -1.94. The van der Waals surface area contributed by atoms with E-state index in [1.54, 1.807) is 12.1 Å². The van der Waals surface area contributed by atoms with Gasteiger partial charge in [0, 0.05) is 10.6 Å². The summed E-state index contributed by atoms with van der Waals surface area (Å²) in [5, 5.41) is 5.67. The van der Waals surface area contributed by atoms with Crippen LogP contribution in [0.5, 0.6) is 0 Å². The van der Waals surface area contributed by atoms with Gasteiger partial charge in [-0.2, -0.15) is 10.1 Å². The van der Waals surface area contributed by atoms with E-state index in [-0.39, 0.29) is 35.5 Å². The lowest BCUT2D eigenvalue weighted by Gasteiger charge is -2.13. The van der Waals surface area contributed by atoms with Crippen LogP contribution in [0.15, 0.2) is 41.5 Å².